The largest absolute Gasteiger partial charge is 0.497 e. The maximum Gasteiger partial charge on any atom is 0.325 e. The molecule has 0 radical (unpaired) electrons. The van der Waals surface area contributed by atoms with Crippen molar-refractivity contribution in [2.24, 2.45) is 0 Å². The number of fused-ring (bicyclic) bond motifs is 4. The lowest BCUT2D eigenvalue weighted by Crippen LogP contribution is -2.55. The molecule has 7 nitrogen and oxygen atoms in total. The Morgan fingerprint density at radius 2 is 1.87 bits per heavy atom. The number of amides is 3. The molecule has 0 N–H and O–H groups in total. The molecule has 4 aliphatic heterocycles. The number of ether oxygens (including phenoxy) is 2. The van der Waals surface area contributed by atoms with Crippen LogP contribution in [0.3, 0.4) is 0 Å². The summed E-state index contributed by atoms with van der Waals surface area (Å²) in [5.41, 5.74) is 4.09. The molecule has 2 fully saturated rings. The van der Waals surface area contributed by atoms with Gasteiger partial charge in [0.25, 0.3) is 0 Å². The first-order valence-corrected chi connectivity index (χ1v) is 14.4. The first-order chi connectivity index (χ1) is 18.4. The van der Waals surface area contributed by atoms with Crippen LogP contribution in [0.25, 0.3) is 0 Å². The fraction of sp³-hybridized carbons (Fsp3) is 0.467. The van der Waals surface area contributed by atoms with Crippen LogP contribution in [0.4, 0.5) is 4.79 Å². The highest BCUT2D eigenvalue weighted by Gasteiger charge is 2.55. The van der Waals surface area contributed by atoms with Crippen molar-refractivity contribution in [3.63, 3.8) is 0 Å². The predicted molar refractivity (Wildman–Crippen MR) is 148 cm³/mol. The van der Waals surface area contributed by atoms with Crippen LogP contribution in [0.1, 0.15) is 49.3 Å². The molecule has 1 spiro atoms. The molecule has 38 heavy (non-hydrogen) atoms. The van der Waals surface area contributed by atoms with E-state index in [1.54, 1.807) is 26.0 Å². The van der Waals surface area contributed by atoms with Gasteiger partial charge >= 0.3 is 6.03 Å². The van der Waals surface area contributed by atoms with Crippen LogP contribution in [-0.2, 0) is 17.8 Å². The first kappa shape index (κ1) is 25.2. The van der Waals surface area contributed by atoms with Crippen molar-refractivity contribution in [3.8, 4) is 11.5 Å². The second kappa shape index (κ2) is 9.56. The van der Waals surface area contributed by atoms with Gasteiger partial charge < -0.3 is 19.3 Å². The maximum absolute atomic E-state index is 13.8. The summed E-state index contributed by atoms with van der Waals surface area (Å²) in [7, 11) is 3.33. The van der Waals surface area contributed by atoms with Gasteiger partial charge in [-0.15, -0.1) is 11.8 Å². The van der Waals surface area contributed by atoms with E-state index in [4.69, 9.17) is 9.47 Å². The van der Waals surface area contributed by atoms with Crippen LogP contribution in [0.15, 0.2) is 53.1 Å². The van der Waals surface area contributed by atoms with Crippen molar-refractivity contribution in [1.29, 1.82) is 0 Å². The number of methoxy groups -OCH3 is 2. The minimum absolute atomic E-state index is 0.0437. The first-order valence-electron chi connectivity index (χ1n) is 13.5. The fourth-order valence-corrected chi connectivity index (χ4v) is 8.16. The minimum atomic E-state index is -0.401. The number of urea groups is 1. The molecule has 8 heteroatoms. The van der Waals surface area contributed by atoms with E-state index in [2.05, 4.69) is 32.1 Å². The van der Waals surface area contributed by atoms with Crippen molar-refractivity contribution in [3.05, 3.63) is 64.9 Å². The molecule has 2 aromatic carbocycles. The summed E-state index contributed by atoms with van der Waals surface area (Å²) in [4.78, 5) is 34.6. The standard InChI is InChI=1S/C30H35N3O4S/c1-5-33-29(35)32-18-21-15-22(36-3)17-23(37-4)27(21)19(2)14-26(32)30(33)10-12-31(13-11-30)28(34)25-16-20-8-6-7-9-24(20)38-25/h6-9,14-15,17,19,25H,5,10-13,16,18H2,1-4H3/t19-,25?/m0/s1. The summed E-state index contributed by atoms with van der Waals surface area (Å²) in [6, 6.07) is 12.3. The van der Waals surface area contributed by atoms with E-state index in [9.17, 15) is 9.59 Å². The van der Waals surface area contributed by atoms with Gasteiger partial charge in [-0.25, -0.2) is 4.79 Å². The molecule has 2 aromatic rings. The molecule has 200 valence electrons. The van der Waals surface area contributed by atoms with Gasteiger partial charge in [0.05, 0.1) is 31.6 Å². The number of hydrogen-bond acceptors (Lipinski definition) is 5. The topological polar surface area (TPSA) is 62.3 Å². The number of rotatable bonds is 4. The van der Waals surface area contributed by atoms with E-state index in [1.165, 1.54) is 10.5 Å². The van der Waals surface area contributed by atoms with Crippen molar-refractivity contribution in [1.82, 2.24) is 14.7 Å². The summed E-state index contributed by atoms with van der Waals surface area (Å²) in [6.07, 6.45) is 4.54. The van der Waals surface area contributed by atoms with E-state index in [0.717, 1.165) is 47.6 Å². The normalized spacial score (nSPS) is 23.5. The van der Waals surface area contributed by atoms with E-state index < -0.39 is 5.54 Å². The van der Waals surface area contributed by atoms with Crippen LogP contribution in [-0.4, -0.2) is 71.3 Å². The molecule has 6 rings (SSSR count). The molecule has 0 saturated carbocycles. The van der Waals surface area contributed by atoms with Crippen molar-refractivity contribution < 1.29 is 19.1 Å². The molecule has 1 unspecified atom stereocenters. The Kier molecular flexibility index (Phi) is 6.33. The van der Waals surface area contributed by atoms with Gasteiger partial charge in [0.2, 0.25) is 5.91 Å². The van der Waals surface area contributed by atoms with E-state index in [1.807, 2.05) is 39.0 Å². The van der Waals surface area contributed by atoms with Crippen LogP contribution in [0.5, 0.6) is 11.5 Å². The summed E-state index contributed by atoms with van der Waals surface area (Å²) in [5, 5.41) is -0.0560. The predicted octanol–water partition coefficient (Wildman–Crippen LogP) is 5.04. The second-order valence-corrected chi connectivity index (χ2v) is 11.9. The zero-order valence-corrected chi connectivity index (χ0v) is 23.3. The minimum Gasteiger partial charge on any atom is -0.497 e. The van der Waals surface area contributed by atoms with Crippen LogP contribution in [0, 0.1) is 0 Å². The number of likely N-dealkylation sites (N-methyl/N-ethyl adjacent to an activating group) is 1. The third kappa shape index (κ3) is 3.79. The average Bonchev–Trinajstić information content (AvgIpc) is 3.40. The Labute approximate surface area is 228 Å². The third-order valence-corrected chi connectivity index (χ3v) is 10.0. The lowest BCUT2D eigenvalue weighted by Gasteiger charge is -2.44. The van der Waals surface area contributed by atoms with Gasteiger partial charge in [0.1, 0.15) is 11.5 Å². The average molecular weight is 534 g/mol. The number of benzene rings is 2. The van der Waals surface area contributed by atoms with Gasteiger partial charge in [-0.05, 0) is 49.4 Å². The molecule has 0 aliphatic carbocycles. The van der Waals surface area contributed by atoms with Crippen molar-refractivity contribution >= 4 is 23.7 Å². The molecule has 0 bridgehead atoms. The van der Waals surface area contributed by atoms with Crippen LogP contribution >= 0.6 is 11.8 Å². The van der Waals surface area contributed by atoms with Gasteiger partial charge in [0.15, 0.2) is 0 Å². The quantitative estimate of drug-likeness (QED) is 0.551. The van der Waals surface area contributed by atoms with Crippen molar-refractivity contribution in [2.45, 2.75) is 61.3 Å². The molecule has 2 atom stereocenters. The number of allylic oxidation sites excluding steroid dienone is 1. The van der Waals surface area contributed by atoms with Crippen molar-refractivity contribution in [2.75, 3.05) is 33.9 Å². The number of piperidine rings is 1. The highest BCUT2D eigenvalue weighted by molar-refractivity contribution is 8.01. The van der Waals surface area contributed by atoms with Gasteiger partial charge in [-0.2, -0.15) is 0 Å². The van der Waals surface area contributed by atoms with Gasteiger partial charge in [0, 0.05) is 47.8 Å². The van der Waals surface area contributed by atoms with Crippen LogP contribution in [0.2, 0.25) is 0 Å². The highest BCUT2D eigenvalue weighted by atomic mass is 32.2. The molecular weight excluding hydrogens is 498 g/mol. The highest BCUT2D eigenvalue weighted by Crippen LogP contribution is 2.49. The number of nitrogens with zero attached hydrogens (tertiary/aromatic N) is 3. The molecule has 0 aromatic heterocycles. The summed E-state index contributed by atoms with van der Waals surface area (Å²) in [6.45, 7) is 6.65. The SMILES string of the molecule is CCN1C(=O)N2Cc3cc(OC)cc(OC)c3[C@@H](C)C=C2C12CCN(C(=O)C1Cc3ccccc3S1)CC2. The Hall–Kier alpha value is -3.13. The molecule has 2 saturated heterocycles. The maximum atomic E-state index is 13.8. The zero-order chi connectivity index (χ0) is 26.6. The summed E-state index contributed by atoms with van der Waals surface area (Å²) < 4.78 is 11.3. The Bertz CT molecular complexity index is 1290. The summed E-state index contributed by atoms with van der Waals surface area (Å²) in [5.74, 6) is 1.80. The third-order valence-electron chi connectivity index (χ3n) is 8.74. The van der Waals surface area contributed by atoms with Crippen LogP contribution < -0.4 is 9.47 Å². The number of thioether (sulfide) groups is 1. The van der Waals surface area contributed by atoms with Gasteiger partial charge in [-0.1, -0.05) is 31.2 Å². The van der Waals surface area contributed by atoms with E-state index in [0.29, 0.717) is 26.2 Å². The smallest absolute Gasteiger partial charge is 0.325 e. The summed E-state index contributed by atoms with van der Waals surface area (Å²) >= 11 is 1.69. The molecular formula is C30H35N3O4S. The fourth-order valence-electron chi connectivity index (χ4n) is 6.88. The number of carbonyl (C=O) groups excluding carboxylic acids is 2. The lowest BCUT2D eigenvalue weighted by atomic mass is 9.82. The number of likely N-dealkylation sites (tertiary alicyclic amines) is 1. The number of carbonyl (C=O) groups is 2. The van der Waals surface area contributed by atoms with E-state index >= 15 is 0 Å². The molecule has 4 heterocycles. The Morgan fingerprint density at radius 3 is 2.55 bits per heavy atom. The van der Waals surface area contributed by atoms with Gasteiger partial charge in [-0.3, -0.25) is 9.69 Å². The molecule has 4 aliphatic rings. The number of hydrogen-bond donors (Lipinski definition) is 0. The second-order valence-electron chi connectivity index (χ2n) is 10.6. The monoisotopic (exact) mass is 533 g/mol. The Morgan fingerprint density at radius 1 is 1.11 bits per heavy atom. The lowest BCUT2D eigenvalue weighted by molar-refractivity contribution is -0.132. The Balaban J connectivity index is 1.28. The van der Waals surface area contributed by atoms with E-state index in [-0.39, 0.29) is 23.1 Å². The molecule has 3 amide bonds. The zero-order valence-electron chi connectivity index (χ0n) is 22.5.